The van der Waals surface area contributed by atoms with E-state index in [1.54, 1.807) is 11.0 Å². The van der Waals surface area contributed by atoms with Gasteiger partial charge in [0.15, 0.2) is 0 Å². The molecule has 2 rings (SSSR count). The smallest absolute Gasteiger partial charge is 0.253 e. The lowest BCUT2D eigenvalue weighted by atomic mass is 10.2. The summed E-state index contributed by atoms with van der Waals surface area (Å²) in [5.74, 6) is 0.467. The summed E-state index contributed by atoms with van der Waals surface area (Å²) < 4.78 is 5.09. The van der Waals surface area contributed by atoms with Crippen LogP contribution in [-0.4, -0.2) is 30.6 Å². The normalized spacial score (nSPS) is 16.6. The average Bonchev–Trinajstić information content (AvgIpc) is 2.30. The SMILES string of the molecule is CCc1nc(N)ccc1N1CCOCC1=O. The zero-order valence-electron chi connectivity index (χ0n) is 9.27. The molecule has 1 amide bonds. The van der Waals surface area contributed by atoms with Crippen molar-refractivity contribution in [2.24, 2.45) is 0 Å². The Labute approximate surface area is 94.2 Å². The number of carbonyl (C=O) groups excluding carboxylic acids is 1. The van der Waals surface area contributed by atoms with Crippen molar-refractivity contribution in [3.8, 4) is 0 Å². The summed E-state index contributed by atoms with van der Waals surface area (Å²) in [6.45, 7) is 3.29. The van der Waals surface area contributed by atoms with E-state index in [4.69, 9.17) is 10.5 Å². The quantitative estimate of drug-likeness (QED) is 0.793. The summed E-state index contributed by atoms with van der Waals surface area (Å²) in [4.78, 5) is 17.7. The highest BCUT2D eigenvalue weighted by molar-refractivity contribution is 5.95. The molecule has 0 saturated carbocycles. The van der Waals surface area contributed by atoms with Crippen molar-refractivity contribution in [3.63, 3.8) is 0 Å². The molecule has 1 saturated heterocycles. The fraction of sp³-hybridized carbons (Fsp3) is 0.455. The van der Waals surface area contributed by atoms with Crippen LogP contribution in [0.4, 0.5) is 11.5 Å². The summed E-state index contributed by atoms with van der Waals surface area (Å²) in [6.07, 6.45) is 0.755. The van der Waals surface area contributed by atoms with Gasteiger partial charge >= 0.3 is 0 Å². The van der Waals surface area contributed by atoms with Gasteiger partial charge in [0.25, 0.3) is 5.91 Å². The topological polar surface area (TPSA) is 68.4 Å². The molecule has 0 aliphatic carbocycles. The van der Waals surface area contributed by atoms with E-state index in [0.717, 1.165) is 17.8 Å². The Hall–Kier alpha value is -1.62. The Kier molecular flexibility index (Phi) is 3.05. The highest BCUT2D eigenvalue weighted by atomic mass is 16.5. The van der Waals surface area contributed by atoms with E-state index in [1.807, 2.05) is 13.0 Å². The molecule has 1 aromatic rings. The van der Waals surface area contributed by atoms with Gasteiger partial charge in [0.05, 0.1) is 18.0 Å². The van der Waals surface area contributed by atoms with Crippen molar-refractivity contribution < 1.29 is 9.53 Å². The van der Waals surface area contributed by atoms with E-state index in [0.29, 0.717) is 19.0 Å². The van der Waals surface area contributed by atoms with E-state index in [9.17, 15) is 4.79 Å². The molecule has 1 aliphatic rings. The number of morpholine rings is 1. The van der Waals surface area contributed by atoms with E-state index < -0.39 is 0 Å². The highest BCUT2D eigenvalue weighted by Gasteiger charge is 2.22. The van der Waals surface area contributed by atoms with Crippen molar-refractivity contribution in [1.29, 1.82) is 0 Å². The lowest BCUT2D eigenvalue weighted by Gasteiger charge is -2.28. The molecule has 1 aliphatic heterocycles. The minimum absolute atomic E-state index is 0.0208. The van der Waals surface area contributed by atoms with E-state index in [-0.39, 0.29) is 12.5 Å². The van der Waals surface area contributed by atoms with Gasteiger partial charge in [-0.05, 0) is 18.6 Å². The predicted octanol–water partition coefficient (Wildman–Crippen LogP) is 0.589. The molecule has 0 atom stereocenters. The second-order valence-electron chi connectivity index (χ2n) is 3.65. The van der Waals surface area contributed by atoms with Gasteiger partial charge in [-0.25, -0.2) is 4.98 Å². The summed E-state index contributed by atoms with van der Waals surface area (Å²) in [6, 6.07) is 3.57. The monoisotopic (exact) mass is 221 g/mol. The second-order valence-corrected chi connectivity index (χ2v) is 3.65. The Morgan fingerprint density at radius 1 is 1.56 bits per heavy atom. The summed E-state index contributed by atoms with van der Waals surface area (Å²) in [5.41, 5.74) is 7.34. The first-order chi connectivity index (χ1) is 7.72. The van der Waals surface area contributed by atoms with E-state index in [2.05, 4.69) is 4.98 Å². The van der Waals surface area contributed by atoms with Gasteiger partial charge < -0.3 is 15.4 Å². The lowest BCUT2D eigenvalue weighted by molar-refractivity contribution is -0.125. The number of carbonyl (C=O) groups is 1. The zero-order valence-corrected chi connectivity index (χ0v) is 9.27. The number of nitrogen functional groups attached to an aromatic ring is 1. The number of hydrogen-bond acceptors (Lipinski definition) is 4. The average molecular weight is 221 g/mol. The molecule has 5 nitrogen and oxygen atoms in total. The summed E-state index contributed by atoms with van der Waals surface area (Å²) in [5, 5.41) is 0. The maximum absolute atomic E-state index is 11.7. The van der Waals surface area contributed by atoms with E-state index >= 15 is 0 Å². The molecular formula is C11H15N3O2. The minimum atomic E-state index is -0.0208. The van der Waals surface area contributed by atoms with Crippen LogP contribution in [0.2, 0.25) is 0 Å². The van der Waals surface area contributed by atoms with Gasteiger partial charge in [-0.1, -0.05) is 6.92 Å². The van der Waals surface area contributed by atoms with E-state index in [1.165, 1.54) is 0 Å². The fourth-order valence-electron chi connectivity index (χ4n) is 1.79. The molecule has 0 radical (unpaired) electrons. The third kappa shape index (κ3) is 1.99. The number of aryl methyl sites for hydroxylation is 1. The van der Waals surface area contributed by atoms with Crippen LogP contribution in [0.25, 0.3) is 0 Å². The molecule has 16 heavy (non-hydrogen) atoms. The van der Waals surface area contributed by atoms with Crippen LogP contribution in [0.5, 0.6) is 0 Å². The Morgan fingerprint density at radius 2 is 2.38 bits per heavy atom. The molecule has 1 aromatic heterocycles. The van der Waals surface area contributed by atoms with Crippen molar-refractivity contribution in [2.75, 3.05) is 30.4 Å². The third-order valence-corrected chi connectivity index (χ3v) is 2.58. The van der Waals surface area contributed by atoms with Crippen molar-refractivity contribution in [3.05, 3.63) is 17.8 Å². The standard InChI is InChI=1S/C11H15N3O2/c1-2-8-9(3-4-10(12)13-8)14-5-6-16-7-11(14)15/h3-4H,2,5-7H2,1H3,(H2,12,13). The lowest BCUT2D eigenvalue weighted by Crippen LogP contribution is -2.42. The molecule has 1 fully saturated rings. The van der Waals surface area contributed by atoms with Gasteiger partial charge in [0.1, 0.15) is 12.4 Å². The summed E-state index contributed by atoms with van der Waals surface area (Å²) in [7, 11) is 0. The van der Waals surface area contributed by atoms with Gasteiger partial charge in [-0.2, -0.15) is 0 Å². The molecular weight excluding hydrogens is 206 g/mol. The molecule has 0 aromatic carbocycles. The van der Waals surface area contributed by atoms with Crippen LogP contribution >= 0.6 is 0 Å². The second kappa shape index (κ2) is 4.49. The van der Waals surface area contributed by atoms with Crippen molar-refractivity contribution in [2.45, 2.75) is 13.3 Å². The molecule has 5 heteroatoms. The van der Waals surface area contributed by atoms with Crippen LogP contribution < -0.4 is 10.6 Å². The van der Waals surface area contributed by atoms with Crippen LogP contribution in [0.3, 0.4) is 0 Å². The van der Waals surface area contributed by atoms with Gasteiger partial charge in [-0.15, -0.1) is 0 Å². The molecule has 2 N–H and O–H groups in total. The Morgan fingerprint density at radius 3 is 3.06 bits per heavy atom. The first-order valence-electron chi connectivity index (χ1n) is 5.36. The fourth-order valence-corrected chi connectivity index (χ4v) is 1.79. The maximum atomic E-state index is 11.7. The molecule has 0 bridgehead atoms. The zero-order chi connectivity index (χ0) is 11.5. The number of nitrogens with zero attached hydrogens (tertiary/aromatic N) is 2. The first kappa shape index (κ1) is 10.9. The first-order valence-corrected chi connectivity index (χ1v) is 5.36. The summed E-state index contributed by atoms with van der Waals surface area (Å²) >= 11 is 0. The molecule has 0 spiro atoms. The number of pyridine rings is 1. The number of nitrogens with two attached hydrogens (primary N) is 1. The van der Waals surface area contributed by atoms with Gasteiger partial charge in [-0.3, -0.25) is 4.79 Å². The molecule has 86 valence electrons. The maximum Gasteiger partial charge on any atom is 0.253 e. The molecule has 2 heterocycles. The minimum Gasteiger partial charge on any atom is -0.384 e. The number of ether oxygens (including phenoxy) is 1. The number of amides is 1. The Balaban J connectivity index is 2.34. The number of anilines is 2. The largest absolute Gasteiger partial charge is 0.384 e. The Bertz CT molecular complexity index is 406. The van der Waals surface area contributed by atoms with Crippen LogP contribution in [-0.2, 0) is 16.0 Å². The van der Waals surface area contributed by atoms with Crippen LogP contribution in [0.1, 0.15) is 12.6 Å². The van der Waals surface area contributed by atoms with Gasteiger partial charge in [0, 0.05) is 6.54 Å². The molecule has 0 unspecified atom stereocenters. The number of rotatable bonds is 2. The number of aromatic nitrogens is 1. The van der Waals surface area contributed by atoms with Crippen molar-refractivity contribution in [1.82, 2.24) is 4.98 Å². The third-order valence-electron chi connectivity index (χ3n) is 2.58. The van der Waals surface area contributed by atoms with Crippen LogP contribution in [0.15, 0.2) is 12.1 Å². The van der Waals surface area contributed by atoms with Gasteiger partial charge in [0.2, 0.25) is 0 Å². The number of hydrogen-bond donors (Lipinski definition) is 1. The predicted molar refractivity (Wildman–Crippen MR) is 61.2 cm³/mol. The van der Waals surface area contributed by atoms with Crippen molar-refractivity contribution >= 4 is 17.4 Å². The van der Waals surface area contributed by atoms with Crippen LogP contribution in [0, 0.1) is 0 Å². The highest BCUT2D eigenvalue weighted by Crippen LogP contribution is 2.22.